The third kappa shape index (κ3) is 5.19. The van der Waals surface area contributed by atoms with Gasteiger partial charge in [-0.1, -0.05) is 190 Å². The Labute approximate surface area is 350 Å². The zero-order chi connectivity index (χ0) is 40.0. The highest BCUT2D eigenvalue weighted by Crippen LogP contribution is 2.54. The van der Waals surface area contributed by atoms with Crippen LogP contribution in [0.5, 0.6) is 0 Å². The first-order chi connectivity index (χ1) is 29.5. The molecule has 1 aliphatic carbocycles. The van der Waals surface area contributed by atoms with E-state index in [2.05, 4.69) is 231 Å². The molecular weight excluding hydrogens is 723 g/mol. The molecule has 0 radical (unpaired) electrons. The van der Waals surface area contributed by atoms with Crippen molar-refractivity contribution in [2.24, 2.45) is 0 Å². The van der Waals surface area contributed by atoms with Gasteiger partial charge in [-0.3, -0.25) is 0 Å². The van der Waals surface area contributed by atoms with Crippen molar-refractivity contribution in [2.45, 2.75) is 19.3 Å². The number of nitrogens with zero attached hydrogens (tertiary/aromatic N) is 1. The first-order valence-corrected chi connectivity index (χ1v) is 21.0. The summed E-state index contributed by atoms with van der Waals surface area (Å²) in [5, 5.41) is 12.7. The Morgan fingerprint density at radius 1 is 0.333 bits per heavy atom. The maximum atomic E-state index is 2.49. The molecular formula is C59H41N. The highest BCUT2D eigenvalue weighted by molar-refractivity contribution is 6.19. The highest BCUT2D eigenvalue weighted by Gasteiger charge is 2.35. The number of anilines is 3. The van der Waals surface area contributed by atoms with Gasteiger partial charge in [-0.2, -0.15) is 0 Å². The molecule has 282 valence electrons. The summed E-state index contributed by atoms with van der Waals surface area (Å²) >= 11 is 0. The number of fused-ring (bicyclic) bond motifs is 8. The summed E-state index contributed by atoms with van der Waals surface area (Å²) in [6.45, 7) is 4.80. The lowest BCUT2D eigenvalue weighted by atomic mass is 9.67. The average Bonchev–Trinajstić information content (AvgIpc) is 3.31. The summed E-state index contributed by atoms with van der Waals surface area (Å²) in [4.78, 5) is 2.49. The molecule has 0 saturated carbocycles. The van der Waals surface area contributed by atoms with Crippen LogP contribution in [0, 0.1) is 0 Å². The smallest absolute Gasteiger partial charge is 0.0546 e. The number of hydrogen-bond donors (Lipinski definition) is 0. The van der Waals surface area contributed by atoms with Crippen LogP contribution >= 0.6 is 0 Å². The zero-order valence-corrected chi connectivity index (χ0v) is 33.7. The Morgan fingerprint density at radius 2 is 0.900 bits per heavy atom. The third-order valence-electron chi connectivity index (χ3n) is 13.2. The van der Waals surface area contributed by atoms with Gasteiger partial charge in [0.2, 0.25) is 0 Å². The molecule has 0 aromatic heterocycles. The summed E-state index contributed by atoms with van der Waals surface area (Å²) < 4.78 is 0. The summed E-state index contributed by atoms with van der Waals surface area (Å²) in [5.74, 6) is 0. The molecule has 0 unspecified atom stereocenters. The fourth-order valence-corrected chi connectivity index (χ4v) is 10.3. The molecule has 60 heavy (non-hydrogen) atoms. The summed E-state index contributed by atoms with van der Waals surface area (Å²) in [5.41, 5.74) is 13.4. The van der Waals surface area contributed by atoms with E-state index in [9.17, 15) is 0 Å². The molecule has 0 N–H and O–H groups in total. The van der Waals surface area contributed by atoms with Crippen LogP contribution in [-0.2, 0) is 5.41 Å². The molecule has 0 bridgehead atoms. The Morgan fingerprint density at radius 3 is 1.63 bits per heavy atom. The van der Waals surface area contributed by atoms with Crippen LogP contribution in [0.4, 0.5) is 17.1 Å². The van der Waals surface area contributed by atoms with Crippen molar-refractivity contribution in [3.05, 3.63) is 223 Å². The van der Waals surface area contributed by atoms with Crippen molar-refractivity contribution >= 4 is 70.9 Å². The molecule has 1 heteroatoms. The summed E-state index contributed by atoms with van der Waals surface area (Å²) in [6.07, 6.45) is 0. The van der Waals surface area contributed by atoms with Crippen molar-refractivity contribution in [1.82, 2.24) is 0 Å². The lowest BCUT2D eigenvalue weighted by Crippen LogP contribution is -2.24. The normalized spacial score (nSPS) is 13.0. The van der Waals surface area contributed by atoms with Gasteiger partial charge in [0.15, 0.2) is 0 Å². The van der Waals surface area contributed by atoms with Gasteiger partial charge in [-0.15, -0.1) is 0 Å². The van der Waals surface area contributed by atoms with E-state index in [-0.39, 0.29) is 5.41 Å². The third-order valence-corrected chi connectivity index (χ3v) is 13.2. The lowest BCUT2D eigenvalue weighted by molar-refractivity contribution is 0.645. The zero-order valence-electron chi connectivity index (χ0n) is 33.7. The van der Waals surface area contributed by atoms with Crippen LogP contribution in [0.2, 0.25) is 0 Å². The van der Waals surface area contributed by atoms with Gasteiger partial charge in [0, 0.05) is 22.2 Å². The highest BCUT2D eigenvalue weighted by atomic mass is 15.1. The molecule has 0 fully saturated rings. The molecule has 1 nitrogen and oxygen atoms in total. The maximum absolute atomic E-state index is 2.49. The van der Waals surface area contributed by atoms with Crippen LogP contribution in [0.15, 0.2) is 212 Å². The van der Waals surface area contributed by atoms with E-state index in [0.29, 0.717) is 0 Å². The van der Waals surface area contributed by atoms with Crippen LogP contribution in [0.25, 0.3) is 87.2 Å². The first-order valence-electron chi connectivity index (χ1n) is 21.0. The van der Waals surface area contributed by atoms with Gasteiger partial charge < -0.3 is 4.90 Å². The molecule has 1 aliphatic rings. The van der Waals surface area contributed by atoms with E-state index in [1.165, 1.54) is 98.4 Å². The van der Waals surface area contributed by atoms with E-state index >= 15 is 0 Å². The number of hydrogen-bond acceptors (Lipinski definition) is 1. The van der Waals surface area contributed by atoms with Crippen molar-refractivity contribution < 1.29 is 0 Å². The maximum Gasteiger partial charge on any atom is 0.0546 e. The second-order valence-electron chi connectivity index (χ2n) is 16.8. The second-order valence-corrected chi connectivity index (χ2v) is 16.8. The average molecular weight is 764 g/mol. The molecule has 0 spiro atoms. The van der Waals surface area contributed by atoms with Crippen LogP contribution in [0.3, 0.4) is 0 Å². The van der Waals surface area contributed by atoms with Crippen LogP contribution < -0.4 is 4.90 Å². The summed E-state index contributed by atoms with van der Waals surface area (Å²) in [7, 11) is 0. The minimum Gasteiger partial charge on any atom is -0.310 e. The second kappa shape index (κ2) is 13.3. The molecule has 0 aliphatic heterocycles. The van der Waals surface area contributed by atoms with E-state index in [4.69, 9.17) is 0 Å². The SMILES string of the molecule is CC1(C)c2ccc(N(c3ccc(-c4ccccc4)cc3)c3cc4ccccc4c4ccccc34)cc2-c2c(-c3cc4ccccc4c4ccccc34)ccc3cccc1c23. The van der Waals surface area contributed by atoms with Gasteiger partial charge in [0.05, 0.1) is 5.69 Å². The fourth-order valence-electron chi connectivity index (χ4n) is 10.3. The van der Waals surface area contributed by atoms with E-state index in [1.54, 1.807) is 0 Å². The Hall–Kier alpha value is -7.48. The number of rotatable bonds is 5. The molecule has 11 aromatic carbocycles. The Kier molecular flexibility index (Phi) is 7.65. The van der Waals surface area contributed by atoms with Crippen LogP contribution in [0.1, 0.15) is 25.0 Å². The quantitative estimate of drug-likeness (QED) is 0.158. The van der Waals surface area contributed by atoms with Crippen molar-refractivity contribution in [3.63, 3.8) is 0 Å². The molecule has 0 saturated heterocycles. The Bertz CT molecular complexity index is 3500. The summed E-state index contributed by atoms with van der Waals surface area (Å²) in [6, 6.07) is 78.9. The van der Waals surface area contributed by atoms with Gasteiger partial charge in [0.1, 0.15) is 0 Å². The fraction of sp³-hybridized carbons (Fsp3) is 0.0508. The minimum absolute atomic E-state index is 0.220. The van der Waals surface area contributed by atoms with E-state index in [1.807, 2.05) is 0 Å². The van der Waals surface area contributed by atoms with E-state index in [0.717, 1.165) is 17.1 Å². The number of benzene rings is 11. The monoisotopic (exact) mass is 763 g/mol. The predicted octanol–water partition coefficient (Wildman–Crippen LogP) is 16.6. The predicted molar refractivity (Wildman–Crippen MR) is 257 cm³/mol. The molecule has 12 rings (SSSR count). The molecule has 0 heterocycles. The van der Waals surface area contributed by atoms with E-state index < -0.39 is 0 Å². The largest absolute Gasteiger partial charge is 0.310 e. The standard InChI is InChI=1S/C59H41N/c1-59(2)54-34-32-44(60(43-30-27-39(28-31-43)38-15-4-3-5-16-38)56-36-42-18-7-9-21-46(42)48-23-12-13-25-50(48)56)37-53(54)58-51(33-29-40-19-14-26-55(59)57(40)58)52-35-41-17-6-8-20-45(41)47-22-10-11-24-49(47)52/h3-37H,1-2H3. The van der Waals surface area contributed by atoms with Crippen molar-refractivity contribution in [3.8, 4) is 33.4 Å². The van der Waals surface area contributed by atoms with Gasteiger partial charge in [-0.25, -0.2) is 0 Å². The minimum atomic E-state index is -0.220. The van der Waals surface area contributed by atoms with Crippen molar-refractivity contribution in [2.75, 3.05) is 4.90 Å². The first kappa shape index (κ1) is 34.6. The molecule has 0 atom stereocenters. The topological polar surface area (TPSA) is 3.24 Å². The Balaban J connectivity index is 1.16. The lowest BCUT2D eigenvalue weighted by Gasteiger charge is -2.37. The van der Waals surface area contributed by atoms with Gasteiger partial charge >= 0.3 is 0 Å². The molecule has 0 amide bonds. The van der Waals surface area contributed by atoms with Gasteiger partial charge in [0.25, 0.3) is 0 Å². The van der Waals surface area contributed by atoms with Gasteiger partial charge in [-0.05, 0) is 129 Å². The van der Waals surface area contributed by atoms with Crippen LogP contribution in [-0.4, -0.2) is 0 Å². The molecule has 11 aromatic rings. The van der Waals surface area contributed by atoms with Crippen molar-refractivity contribution in [1.29, 1.82) is 0 Å².